The summed E-state index contributed by atoms with van der Waals surface area (Å²) in [5.41, 5.74) is -0.589. The average Bonchev–Trinajstić information content (AvgIpc) is 2.21. The molecule has 2 amide bonds. The Morgan fingerprint density at radius 2 is 1.88 bits per heavy atom. The number of aliphatic hydroxyl groups excluding tert-OH is 1. The number of methoxy groups -OCH3 is 1. The van der Waals surface area contributed by atoms with Crippen LogP contribution in [-0.4, -0.2) is 49.2 Å². The maximum absolute atomic E-state index is 11.3. The smallest absolute Gasteiger partial charge is 0.407 e. The molecule has 0 saturated carbocycles. The molecule has 0 spiro atoms. The molecule has 17 heavy (non-hydrogen) atoms. The Kier molecular flexibility index (Phi) is 6.34. The summed E-state index contributed by atoms with van der Waals surface area (Å²) in [6.45, 7) is 4.96. The van der Waals surface area contributed by atoms with Crippen molar-refractivity contribution in [1.29, 1.82) is 0 Å². The molecule has 0 rings (SSSR count). The fourth-order valence-corrected chi connectivity index (χ4v) is 0.908. The molecular formula is C10H20N2O5. The average molecular weight is 248 g/mol. The second-order valence-corrected chi connectivity index (χ2v) is 4.40. The summed E-state index contributed by atoms with van der Waals surface area (Å²) in [7, 11) is 1.21. The number of aliphatic hydroxyl groups is 1. The van der Waals surface area contributed by atoms with Crippen LogP contribution in [0.1, 0.15) is 20.8 Å². The van der Waals surface area contributed by atoms with Gasteiger partial charge in [-0.05, 0) is 20.8 Å². The monoisotopic (exact) mass is 248 g/mol. The topological polar surface area (TPSA) is 96.9 Å². The number of carbonyl (C=O) groups excluding carboxylic acids is 2. The van der Waals surface area contributed by atoms with E-state index < -0.39 is 23.8 Å². The van der Waals surface area contributed by atoms with Crippen LogP contribution in [0.3, 0.4) is 0 Å². The predicted octanol–water partition coefficient (Wildman–Crippen LogP) is 0.228. The maximum Gasteiger partial charge on any atom is 0.407 e. The van der Waals surface area contributed by atoms with E-state index in [1.807, 2.05) is 0 Å². The Bertz CT molecular complexity index is 262. The first kappa shape index (κ1) is 15.5. The van der Waals surface area contributed by atoms with Crippen LogP contribution in [0, 0.1) is 0 Å². The van der Waals surface area contributed by atoms with Crippen LogP contribution in [0.15, 0.2) is 0 Å². The van der Waals surface area contributed by atoms with Gasteiger partial charge in [-0.25, -0.2) is 9.59 Å². The van der Waals surface area contributed by atoms with Gasteiger partial charge >= 0.3 is 12.2 Å². The lowest BCUT2D eigenvalue weighted by atomic mass is 10.2. The van der Waals surface area contributed by atoms with Crippen LogP contribution in [0.4, 0.5) is 9.59 Å². The number of amides is 2. The second-order valence-electron chi connectivity index (χ2n) is 4.40. The number of rotatable bonds is 4. The third kappa shape index (κ3) is 8.32. The third-order valence-corrected chi connectivity index (χ3v) is 1.62. The maximum atomic E-state index is 11.3. The van der Waals surface area contributed by atoms with Gasteiger partial charge in [0.05, 0.1) is 19.8 Å². The molecule has 0 heterocycles. The van der Waals surface area contributed by atoms with Gasteiger partial charge in [0.15, 0.2) is 0 Å². The van der Waals surface area contributed by atoms with E-state index in [4.69, 9.17) is 9.84 Å². The van der Waals surface area contributed by atoms with Crippen LogP contribution in [0.25, 0.3) is 0 Å². The molecule has 0 aliphatic heterocycles. The van der Waals surface area contributed by atoms with Crippen LogP contribution in [0.5, 0.6) is 0 Å². The molecule has 0 bridgehead atoms. The van der Waals surface area contributed by atoms with Crippen LogP contribution in [0.2, 0.25) is 0 Å². The summed E-state index contributed by atoms with van der Waals surface area (Å²) in [6, 6.07) is -0.616. The molecular weight excluding hydrogens is 228 g/mol. The van der Waals surface area contributed by atoms with Crippen molar-refractivity contribution >= 4 is 12.2 Å². The highest BCUT2D eigenvalue weighted by Gasteiger charge is 2.18. The zero-order valence-corrected chi connectivity index (χ0v) is 10.6. The Hall–Kier alpha value is -1.50. The van der Waals surface area contributed by atoms with Crippen molar-refractivity contribution in [3.8, 4) is 0 Å². The summed E-state index contributed by atoms with van der Waals surface area (Å²) >= 11 is 0. The first-order valence-corrected chi connectivity index (χ1v) is 5.20. The van der Waals surface area contributed by atoms with Crippen LogP contribution < -0.4 is 10.6 Å². The molecule has 0 aliphatic rings. The highest BCUT2D eigenvalue weighted by molar-refractivity contribution is 5.69. The lowest BCUT2D eigenvalue weighted by Crippen LogP contribution is -2.46. The Morgan fingerprint density at radius 3 is 2.29 bits per heavy atom. The first-order chi connectivity index (χ1) is 7.78. The number of ether oxygens (including phenoxy) is 2. The molecule has 100 valence electrons. The molecule has 0 radical (unpaired) electrons. The Morgan fingerprint density at radius 1 is 1.29 bits per heavy atom. The van der Waals surface area contributed by atoms with E-state index in [2.05, 4.69) is 15.4 Å². The van der Waals surface area contributed by atoms with Crippen molar-refractivity contribution in [2.24, 2.45) is 0 Å². The summed E-state index contributed by atoms with van der Waals surface area (Å²) in [6.07, 6.45) is -1.28. The summed E-state index contributed by atoms with van der Waals surface area (Å²) < 4.78 is 9.35. The lowest BCUT2D eigenvalue weighted by molar-refractivity contribution is 0.0516. The molecule has 0 fully saturated rings. The van der Waals surface area contributed by atoms with Crippen molar-refractivity contribution in [2.75, 3.05) is 20.3 Å². The standard InChI is InChI=1S/C10H20N2O5/c1-10(2,3)17-8(14)11-5-7(6-13)12-9(15)16-4/h7,13H,5-6H2,1-4H3,(H,11,14)(H,12,15)/t7-/m1/s1. The number of alkyl carbamates (subject to hydrolysis) is 2. The quantitative estimate of drug-likeness (QED) is 0.661. The van der Waals surface area contributed by atoms with Gasteiger partial charge in [0.2, 0.25) is 0 Å². The number of carbonyl (C=O) groups is 2. The van der Waals surface area contributed by atoms with E-state index in [1.54, 1.807) is 20.8 Å². The largest absolute Gasteiger partial charge is 0.453 e. The molecule has 0 unspecified atom stereocenters. The fraction of sp³-hybridized carbons (Fsp3) is 0.800. The van der Waals surface area contributed by atoms with E-state index in [1.165, 1.54) is 7.11 Å². The molecule has 0 aromatic carbocycles. The van der Waals surface area contributed by atoms with E-state index >= 15 is 0 Å². The van der Waals surface area contributed by atoms with Gasteiger partial charge in [0.25, 0.3) is 0 Å². The minimum absolute atomic E-state index is 0.0561. The lowest BCUT2D eigenvalue weighted by Gasteiger charge is -2.21. The summed E-state index contributed by atoms with van der Waals surface area (Å²) in [5, 5.41) is 13.7. The van der Waals surface area contributed by atoms with Gasteiger partial charge in [0, 0.05) is 6.54 Å². The van der Waals surface area contributed by atoms with Crippen molar-refractivity contribution in [3.63, 3.8) is 0 Å². The van der Waals surface area contributed by atoms with Crippen molar-refractivity contribution in [3.05, 3.63) is 0 Å². The Labute approximate surface area is 100 Å². The van der Waals surface area contributed by atoms with Crippen LogP contribution in [-0.2, 0) is 9.47 Å². The molecule has 7 nitrogen and oxygen atoms in total. The molecule has 0 saturated heterocycles. The van der Waals surface area contributed by atoms with Gasteiger partial charge in [-0.1, -0.05) is 0 Å². The minimum Gasteiger partial charge on any atom is -0.453 e. The zero-order valence-electron chi connectivity index (χ0n) is 10.6. The van der Waals surface area contributed by atoms with E-state index in [0.717, 1.165) is 0 Å². The fourth-order valence-electron chi connectivity index (χ4n) is 0.908. The van der Waals surface area contributed by atoms with Crippen molar-refractivity contribution < 1.29 is 24.2 Å². The molecule has 0 aromatic heterocycles. The summed E-state index contributed by atoms with van der Waals surface area (Å²) in [5.74, 6) is 0. The van der Waals surface area contributed by atoms with Gasteiger partial charge in [-0.15, -0.1) is 0 Å². The number of hydrogen-bond acceptors (Lipinski definition) is 5. The minimum atomic E-state index is -0.671. The van der Waals surface area contributed by atoms with Gasteiger partial charge in [-0.3, -0.25) is 0 Å². The summed E-state index contributed by atoms with van der Waals surface area (Å²) in [4.78, 5) is 22.1. The SMILES string of the molecule is COC(=O)N[C@@H](CO)CNC(=O)OC(C)(C)C. The van der Waals surface area contributed by atoms with E-state index in [-0.39, 0.29) is 13.2 Å². The van der Waals surface area contributed by atoms with Gasteiger partial charge in [-0.2, -0.15) is 0 Å². The highest BCUT2D eigenvalue weighted by atomic mass is 16.6. The number of hydrogen-bond donors (Lipinski definition) is 3. The van der Waals surface area contributed by atoms with Crippen molar-refractivity contribution in [2.45, 2.75) is 32.4 Å². The Balaban J connectivity index is 3.98. The van der Waals surface area contributed by atoms with E-state index in [9.17, 15) is 9.59 Å². The highest BCUT2D eigenvalue weighted by Crippen LogP contribution is 2.06. The van der Waals surface area contributed by atoms with Crippen molar-refractivity contribution in [1.82, 2.24) is 10.6 Å². The third-order valence-electron chi connectivity index (χ3n) is 1.62. The molecule has 0 aliphatic carbocycles. The van der Waals surface area contributed by atoms with Gasteiger partial charge < -0.3 is 25.2 Å². The van der Waals surface area contributed by atoms with Gasteiger partial charge in [0.1, 0.15) is 5.60 Å². The zero-order chi connectivity index (χ0) is 13.5. The predicted molar refractivity (Wildman–Crippen MR) is 60.7 cm³/mol. The second kappa shape index (κ2) is 6.95. The van der Waals surface area contributed by atoms with Crippen LogP contribution >= 0.6 is 0 Å². The molecule has 1 atom stereocenters. The normalized spacial score (nSPS) is 12.5. The molecule has 0 aromatic rings. The van der Waals surface area contributed by atoms with E-state index in [0.29, 0.717) is 0 Å². The molecule has 3 N–H and O–H groups in total. The first-order valence-electron chi connectivity index (χ1n) is 5.20. The molecule has 7 heteroatoms. The number of nitrogens with one attached hydrogen (secondary N) is 2.